The van der Waals surface area contributed by atoms with E-state index in [1.54, 1.807) is 11.6 Å². The number of ether oxygens (including phenoxy) is 1. The van der Waals surface area contributed by atoms with Gasteiger partial charge in [0.25, 0.3) is 0 Å². The molecule has 1 atom stereocenters. The Labute approximate surface area is 241 Å². The molecule has 1 aliphatic rings. The molecule has 0 spiro atoms. The zero-order chi connectivity index (χ0) is 30.6. The molecule has 0 saturated carbocycles. The van der Waals surface area contributed by atoms with Gasteiger partial charge in [-0.05, 0) is 58.0 Å². The molecule has 3 N–H and O–H groups in total. The fourth-order valence-corrected chi connectivity index (χ4v) is 2.79. The Hall–Kier alpha value is -2.84. The molecule has 8 nitrogen and oxygen atoms in total. The van der Waals surface area contributed by atoms with Crippen LogP contribution >= 0.6 is 11.6 Å². The smallest absolute Gasteiger partial charge is 0.350 e. The second kappa shape index (κ2) is 21.0. The van der Waals surface area contributed by atoms with E-state index in [-0.39, 0.29) is 17.2 Å². The first-order chi connectivity index (χ1) is 18.4. The second-order valence-electron chi connectivity index (χ2n) is 9.44. The highest BCUT2D eigenvalue weighted by Crippen LogP contribution is 2.27. The fourth-order valence-electron chi connectivity index (χ4n) is 2.63. The molecule has 1 aliphatic carbocycles. The van der Waals surface area contributed by atoms with E-state index >= 15 is 0 Å². The minimum absolute atomic E-state index is 0.131. The highest BCUT2D eigenvalue weighted by Gasteiger charge is 2.20. The van der Waals surface area contributed by atoms with E-state index in [1.165, 1.54) is 10.9 Å². The number of halogens is 1. The maximum absolute atomic E-state index is 12.7. The number of nitrogens with zero attached hydrogens (tertiary/aromatic N) is 3. The van der Waals surface area contributed by atoms with Gasteiger partial charge in [-0.25, -0.2) is 14.0 Å². The summed E-state index contributed by atoms with van der Waals surface area (Å²) in [7, 11) is 3.54. The Morgan fingerprint density at radius 3 is 2.23 bits per heavy atom. The van der Waals surface area contributed by atoms with Crippen LogP contribution in [0.4, 0.5) is 0 Å². The van der Waals surface area contributed by atoms with Crippen molar-refractivity contribution in [1.82, 2.24) is 19.7 Å². The number of aromatic nitrogens is 3. The molecule has 1 aromatic heterocycles. The summed E-state index contributed by atoms with van der Waals surface area (Å²) in [4.78, 5) is 22.6. The third-order valence-corrected chi connectivity index (χ3v) is 5.25. The predicted octanol–water partition coefficient (Wildman–Crippen LogP) is 6.40. The van der Waals surface area contributed by atoms with E-state index in [1.807, 2.05) is 85.9 Å². The van der Waals surface area contributed by atoms with Gasteiger partial charge in [0.1, 0.15) is 12.0 Å². The molecule has 39 heavy (non-hydrogen) atoms. The van der Waals surface area contributed by atoms with Crippen LogP contribution in [0, 0.1) is 5.41 Å². The van der Waals surface area contributed by atoms with E-state index < -0.39 is 0 Å². The molecule has 0 fully saturated rings. The van der Waals surface area contributed by atoms with Crippen LogP contribution in [0.25, 0.3) is 11.3 Å². The van der Waals surface area contributed by atoms with Crippen molar-refractivity contribution in [2.75, 3.05) is 13.6 Å². The van der Waals surface area contributed by atoms with Gasteiger partial charge >= 0.3 is 5.69 Å². The number of nitrogens with two attached hydrogens (primary N) is 1. The summed E-state index contributed by atoms with van der Waals surface area (Å²) in [6.07, 6.45) is 14.3. The monoisotopic (exact) mass is 565 g/mol. The Bertz CT molecular complexity index is 1050. The molecule has 0 aliphatic heterocycles. The lowest BCUT2D eigenvalue weighted by molar-refractivity contribution is -0.113. The maximum Gasteiger partial charge on any atom is 0.350 e. The Morgan fingerprint density at radius 1 is 1.23 bits per heavy atom. The predicted molar refractivity (Wildman–Crippen MR) is 167 cm³/mol. The van der Waals surface area contributed by atoms with Gasteiger partial charge in [-0.2, -0.15) is 0 Å². The molecular weight excluding hydrogens is 514 g/mol. The topological polar surface area (TPSA) is 104 Å². The number of aldehydes is 1. The average Bonchev–Trinajstić information content (AvgIpc) is 3.07. The first-order valence-corrected chi connectivity index (χ1v) is 14.1. The highest BCUT2D eigenvalue weighted by molar-refractivity contribution is 6.36. The lowest BCUT2D eigenvalue weighted by Crippen LogP contribution is -2.22. The molecular formula is C30H52ClN5O3. The lowest BCUT2D eigenvalue weighted by Gasteiger charge is -2.12. The van der Waals surface area contributed by atoms with Gasteiger partial charge in [-0.3, -0.25) is 0 Å². The van der Waals surface area contributed by atoms with Crippen molar-refractivity contribution in [2.45, 2.75) is 87.7 Å². The maximum atomic E-state index is 12.7. The zero-order valence-electron chi connectivity index (χ0n) is 26.0. The Morgan fingerprint density at radius 2 is 1.79 bits per heavy atom. The molecule has 1 heterocycles. The van der Waals surface area contributed by atoms with Gasteiger partial charge in [0.2, 0.25) is 0 Å². The molecule has 0 bridgehead atoms. The molecule has 0 saturated heterocycles. The minimum atomic E-state index is -0.254. The number of nitrogens with one attached hydrogen (secondary N) is 1. The third kappa shape index (κ3) is 14.8. The van der Waals surface area contributed by atoms with Gasteiger partial charge < -0.3 is 20.6 Å². The van der Waals surface area contributed by atoms with Crippen molar-refractivity contribution in [3.05, 3.63) is 63.7 Å². The number of aryl methyl sites for hydroxylation is 1. The molecule has 0 amide bonds. The van der Waals surface area contributed by atoms with Crippen LogP contribution in [-0.2, 0) is 16.6 Å². The summed E-state index contributed by atoms with van der Waals surface area (Å²) in [6.45, 7) is 18.9. The minimum Gasteiger partial charge on any atom is -0.491 e. The Balaban J connectivity index is 0. The van der Waals surface area contributed by atoms with Crippen molar-refractivity contribution in [1.29, 1.82) is 0 Å². The second-order valence-corrected chi connectivity index (χ2v) is 9.85. The van der Waals surface area contributed by atoms with Gasteiger partial charge in [0, 0.05) is 29.9 Å². The number of carbonyl (C=O) groups is 1. The van der Waals surface area contributed by atoms with Gasteiger partial charge in [0.15, 0.2) is 5.82 Å². The SMILES string of the molecule is CC.CC(C)(C)C=O.CC/C=C(\C(Cl)=C/N)c1nn(C)c(=O)n1C1=CCC=C(OC(C)CC)C=C1.CCNC. The summed E-state index contributed by atoms with van der Waals surface area (Å²) in [6, 6.07) is 0. The van der Waals surface area contributed by atoms with Crippen LogP contribution in [0.1, 0.15) is 87.4 Å². The normalized spacial score (nSPS) is 14.2. The van der Waals surface area contributed by atoms with Gasteiger partial charge in [-0.15, -0.1) is 5.10 Å². The van der Waals surface area contributed by atoms with Gasteiger partial charge in [-0.1, -0.05) is 79.1 Å². The van der Waals surface area contributed by atoms with E-state index in [9.17, 15) is 9.59 Å². The number of allylic oxidation sites excluding steroid dienone is 8. The summed E-state index contributed by atoms with van der Waals surface area (Å²) < 4.78 is 8.73. The molecule has 9 heteroatoms. The molecule has 1 aromatic rings. The van der Waals surface area contributed by atoms with Crippen LogP contribution in [0.2, 0.25) is 0 Å². The van der Waals surface area contributed by atoms with Crippen molar-refractivity contribution in [2.24, 2.45) is 18.2 Å². The highest BCUT2D eigenvalue weighted by atomic mass is 35.5. The van der Waals surface area contributed by atoms with Crippen molar-refractivity contribution in [3.8, 4) is 0 Å². The first-order valence-electron chi connectivity index (χ1n) is 13.7. The van der Waals surface area contributed by atoms with E-state index in [0.717, 1.165) is 31.4 Å². The quantitative estimate of drug-likeness (QED) is 0.279. The van der Waals surface area contributed by atoms with E-state index in [2.05, 4.69) is 24.3 Å². The lowest BCUT2D eigenvalue weighted by atomic mass is 10.0. The third-order valence-electron chi connectivity index (χ3n) is 4.92. The largest absolute Gasteiger partial charge is 0.491 e. The number of hydrogen-bond donors (Lipinski definition) is 2. The van der Waals surface area contributed by atoms with Crippen LogP contribution in [0.15, 0.2) is 52.2 Å². The summed E-state index contributed by atoms with van der Waals surface area (Å²) in [5.74, 6) is 1.25. The standard InChI is InChI=1S/C20H27ClN4O2.C5H10O.C3H9N.C2H6/c1-5-8-17(18(21)13-22)19-23-24(4)20(26)25(19)15-9-7-10-16(12-11-15)27-14(3)6-2;1-5(2,3)4-6;1-3-4-2;1-2/h8-14H,5-7,22H2,1-4H3;4H,1-3H3;4H,3H2,1-2H3;1-2H3/b17-8+,18-13+;;;. The summed E-state index contributed by atoms with van der Waals surface area (Å²) in [5, 5.41) is 7.66. The number of rotatable bonds is 8. The van der Waals surface area contributed by atoms with Crippen LogP contribution in [0.3, 0.4) is 0 Å². The fraction of sp³-hybridized carbons (Fsp3) is 0.567. The molecule has 0 aromatic carbocycles. The number of hydrogen-bond acceptors (Lipinski definition) is 6. The zero-order valence-corrected chi connectivity index (χ0v) is 26.7. The Kier molecular flexibility index (Phi) is 20.7. The molecule has 1 unspecified atom stereocenters. The van der Waals surface area contributed by atoms with Crippen LogP contribution in [0.5, 0.6) is 0 Å². The van der Waals surface area contributed by atoms with Crippen LogP contribution in [-0.4, -0.2) is 40.3 Å². The first kappa shape index (κ1) is 38.3. The molecule has 222 valence electrons. The van der Waals surface area contributed by atoms with Crippen LogP contribution < -0.4 is 16.7 Å². The van der Waals surface area contributed by atoms with Crippen molar-refractivity contribution in [3.63, 3.8) is 0 Å². The summed E-state index contributed by atoms with van der Waals surface area (Å²) in [5.41, 5.74) is 6.55. The van der Waals surface area contributed by atoms with Crippen molar-refractivity contribution >= 4 is 29.2 Å². The van der Waals surface area contributed by atoms with Gasteiger partial charge in [0.05, 0.1) is 11.1 Å². The van der Waals surface area contributed by atoms with Crippen molar-refractivity contribution < 1.29 is 9.53 Å². The summed E-state index contributed by atoms with van der Waals surface area (Å²) >= 11 is 6.28. The molecule has 2 rings (SSSR count). The average molecular weight is 566 g/mol. The van der Waals surface area contributed by atoms with E-state index in [0.29, 0.717) is 28.5 Å². The van der Waals surface area contributed by atoms with E-state index in [4.69, 9.17) is 22.1 Å². The molecule has 0 radical (unpaired) electrons. The number of carbonyl (C=O) groups excluding carboxylic acids is 1.